The van der Waals surface area contributed by atoms with Gasteiger partial charge in [0.05, 0.1) is 12.7 Å². The van der Waals surface area contributed by atoms with E-state index in [0.29, 0.717) is 17.1 Å². The van der Waals surface area contributed by atoms with E-state index in [1.165, 1.54) is 0 Å². The second-order valence-electron chi connectivity index (χ2n) is 3.47. The van der Waals surface area contributed by atoms with Crippen molar-refractivity contribution in [1.82, 2.24) is 0 Å². The van der Waals surface area contributed by atoms with Crippen molar-refractivity contribution in [1.29, 1.82) is 0 Å². The molecular formula is C13H12O3. The number of hydrogen-bond acceptors (Lipinski definition) is 3. The van der Waals surface area contributed by atoms with Crippen LogP contribution in [0.25, 0.3) is 11.3 Å². The van der Waals surface area contributed by atoms with E-state index >= 15 is 0 Å². The summed E-state index contributed by atoms with van der Waals surface area (Å²) in [7, 11) is 1.61. The van der Waals surface area contributed by atoms with Crippen molar-refractivity contribution in [2.75, 3.05) is 7.11 Å². The average Bonchev–Trinajstić information content (AvgIpc) is 2.71. The molecular weight excluding hydrogens is 204 g/mol. The second-order valence-corrected chi connectivity index (χ2v) is 3.47. The van der Waals surface area contributed by atoms with Gasteiger partial charge in [0, 0.05) is 5.56 Å². The Balaban J connectivity index is 2.45. The summed E-state index contributed by atoms with van der Waals surface area (Å²) in [6, 6.07) is 9.26. The molecule has 0 amide bonds. The topological polar surface area (TPSA) is 39.4 Å². The number of aldehydes is 1. The molecule has 2 rings (SSSR count). The molecule has 0 aliphatic rings. The molecule has 0 saturated carbocycles. The third kappa shape index (κ3) is 1.84. The van der Waals surface area contributed by atoms with Crippen LogP contribution in [0.3, 0.4) is 0 Å². The zero-order chi connectivity index (χ0) is 11.5. The monoisotopic (exact) mass is 216 g/mol. The maximum Gasteiger partial charge on any atom is 0.153 e. The molecule has 0 atom stereocenters. The van der Waals surface area contributed by atoms with E-state index in [9.17, 15) is 4.79 Å². The molecule has 0 aliphatic carbocycles. The summed E-state index contributed by atoms with van der Waals surface area (Å²) in [5.74, 6) is 2.07. The minimum absolute atomic E-state index is 0.581. The van der Waals surface area contributed by atoms with E-state index in [1.807, 2.05) is 24.3 Å². The van der Waals surface area contributed by atoms with Crippen molar-refractivity contribution in [3.63, 3.8) is 0 Å². The highest BCUT2D eigenvalue weighted by molar-refractivity contribution is 5.79. The number of benzene rings is 1. The fraction of sp³-hybridized carbons (Fsp3) is 0.154. The highest BCUT2D eigenvalue weighted by Gasteiger charge is 2.08. The molecule has 0 fully saturated rings. The summed E-state index contributed by atoms with van der Waals surface area (Å²) in [5.41, 5.74) is 1.48. The van der Waals surface area contributed by atoms with Gasteiger partial charge in [-0.1, -0.05) is 12.1 Å². The molecule has 3 heteroatoms. The van der Waals surface area contributed by atoms with Crippen molar-refractivity contribution in [2.24, 2.45) is 0 Å². The minimum Gasteiger partial charge on any atom is -0.497 e. The molecule has 1 aromatic heterocycles. The van der Waals surface area contributed by atoms with Crippen LogP contribution in [0.1, 0.15) is 16.1 Å². The first-order valence-electron chi connectivity index (χ1n) is 4.94. The maximum absolute atomic E-state index is 10.7. The van der Waals surface area contributed by atoms with E-state index in [1.54, 1.807) is 20.1 Å². The van der Waals surface area contributed by atoms with Crippen LogP contribution in [0.5, 0.6) is 5.75 Å². The fourth-order valence-corrected chi connectivity index (χ4v) is 1.53. The number of rotatable bonds is 3. The number of aryl methyl sites for hydroxylation is 1. The zero-order valence-corrected chi connectivity index (χ0v) is 9.19. The fourth-order valence-electron chi connectivity index (χ4n) is 1.53. The van der Waals surface area contributed by atoms with E-state index < -0.39 is 0 Å². The lowest BCUT2D eigenvalue weighted by Gasteiger charge is -2.01. The Morgan fingerprint density at radius 2 is 2.12 bits per heavy atom. The van der Waals surface area contributed by atoms with Gasteiger partial charge >= 0.3 is 0 Å². The maximum atomic E-state index is 10.7. The molecule has 1 heterocycles. The molecule has 16 heavy (non-hydrogen) atoms. The highest BCUT2D eigenvalue weighted by atomic mass is 16.5. The van der Waals surface area contributed by atoms with E-state index in [4.69, 9.17) is 9.15 Å². The first-order chi connectivity index (χ1) is 7.74. The van der Waals surface area contributed by atoms with Gasteiger partial charge in [-0.2, -0.15) is 0 Å². The molecule has 0 spiro atoms. The number of furan rings is 1. The van der Waals surface area contributed by atoms with Crippen molar-refractivity contribution in [2.45, 2.75) is 6.92 Å². The molecule has 82 valence electrons. The van der Waals surface area contributed by atoms with Gasteiger partial charge in [0.15, 0.2) is 6.29 Å². The van der Waals surface area contributed by atoms with Gasteiger partial charge in [0.1, 0.15) is 17.3 Å². The number of carbonyl (C=O) groups is 1. The summed E-state index contributed by atoms with van der Waals surface area (Å²) >= 11 is 0. The number of hydrogen-bond donors (Lipinski definition) is 0. The predicted octanol–water partition coefficient (Wildman–Crippen LogP) is 3.08. The first kappa shape index (κ1) is 10.5. The van der Waals surface area contributed by atoms with E-state index in [-0.39, 0.29) is 0 Å². The van der Waals surface area contributed by atoms with Crippen molar-refractivity contribution in [3.8, 4) is 17.1 Å². The summed E-state index contributed by atoms with van der Waals surface area (Å²) < 4.78 is 10.6. The average molecular weight is 216 g/mol. The molecule has 0 bridgehead atoms. The van der Waals surface area contributed by atoms with Crippen molar-refractivity contribution < 1.29 is 13.9 Å². The van der Waals surface area contributed by atoms with Crippen molar-refractivity contribution in [3.05, 3.63) is 41.7 Å². The normalized spacial score (nSPS) is 10.1. The molecule has 0 aliphatic heterocycles. The Bertz CT molecular complexity index is 512. The minimum atomic E-state index is 0.581. The van der Waals surface area contributed by atoms with Gasteiger partial charge in [0.25, 0.3) is 0 Å². The number of methoxy groups -OCH3 is 1. The summed E-state index contributed by atoms with van der Waals surface area (Å²) in [5, 5.41) is 0. The Hall–Kier alpha value is -2.03. The van der Waals surface area contributed by atoms with Gasteiger partial charge in [0.2, 0.25) is 0 Å². The van der Waals surface area contributed by atoms with Crippen LogP contribution < -0.4 is 4.74 Å². The Kier molecular flexibility index (Phi) is 2.77. The predicted molar refractivity (Wildman–Crippen MR) is 60.8 cm³/mol. The molecule has 0 unspecified atom stereocenters. The molecule has 3 nitrogen and oxygen atoms in total. The lowest BCUT2D eigenvalue weighted by molar-refractivity contribution is 0.112. The third-order valence-electron chi connectivity index (χ3n) is 2.44. The van der Waals surface area contributed by atoms with Crippen LogP contribution in [-0.2, 0) is 0 Å². The van der Waals surface area contributed by atoms with Crippen LogP contribution in [0.4, 0.5) is 0 Å². The molecule has 0 N–H and O–H groups in total. The highest BCUT2D eigenvalue weighted by Crippen LogP contribution is 2.27. The SMILES string of the molecule is COc1cccc(-c2cc(C=O)c(C)o2)c1. The largest absolute Gasteiger partial charge is 0.497 e. The summed E-state index contributed by atoms with van der Waals surface area (Å²) in [4.78, 5) is 10.7. The number of ether oxygens (including phenoxy) is 1. The Morgan fingerprint density at radius 3 is 2.75 bits per heavy atom. The lowest BCUT2D eigenvalue weighted by Crippen LogP contribution is -1.82. The van der Waals surface area contributed by atoms with Crippen LogP contribution in [0, 0.1) is 6.92 Å². The molecule has 1 aromatic carbocycles. The van der Waals surface area contributed by atoms with E-state index in [0.717, 1.165) is 17.6 Å². The smallest absolute Gasteiger partial charge is 0.153 e. The van der Waals surface area contributed by atoms with Gasteiger partial charge in [-0.3, -0.25) is 4.79 Å². The van der Waals surface area contributed by atoms with Crippen LogP contribution in [0.15, 0.2) is 34.7 Å². The summed E-state index contributed by atoms with van der Waals surface area (Å²) in [6.07, 6.45) is 0.794. The first-order valence-corrected chi connectivity index (χ1v) is 4.94. The Morgan fingerprint density at radius 1 is 1.31 bits per heavy atom. The van der Waals surface area contributed by atoms with Crippen LogP contribution >= 0.6 is 0 Å². The van der Waals surface area contributed by atoms with E-state index in [2.05, 4.69) is 0 Å². The molecule has 2 aromatic rings. The van der Waals surface area contributed by atoms with Crippen LogP contribution in [-0.4, -0.2) is 13.4 Å². The van der Waals surface area contributed by atoms with Gasteiger partial charge in [-0.05, 0) is 25.1 Å². The van der Waals surface area contributed by atoms with Crippen molar-refractivity contribution >= 4 is 6.29 Å². The standard InChI is InChI=1S/C13H12O3/c1-9-11(8-14)7-13(16-9)10-4-3-5-12(6-10)15-2/h3-8H,1-2H3. The number of carbonyl (C=O) groups excluding carboxylic acids is 1. The molecule has 0 saturated heterocycles. The quantitative estimate of drug-likeness (QED) is 0.740. The van der Waals surface area contributed by atoms with Gasteiger partial charge in [-0.15, -0.1) is 0 Å². The second kappa shape index (κ2) is 4.23. The Labute approximate surface area is 93.7 Å². The molecule has 0 radical (unpaired) electrons. The third-order valence-corrected chi connectivity index (χ3v) is 2.44. The summed E-state index contributed by atoms with van der Waals surface area (Å²) in [6.45, 7) is 1.77. The lowest BCUT2D eigenvalue weighted by atomic mass is 10.1. The van der Waals surface area contributed by atoms with Crippen LogP contribution in [0.2, 0.25) is 0 Å². The zero-order valence-electron chi connectivity index (χ0n) is 9.19. The van der Waals surface area contributed by atoms with Gasteiger partial charge in [-0.25, -0.2) is 0 Å². The van der Waals surface area contributed by atoms with Gasteiger partial charge < -0.3 is 9.15 Å².